The van der Waals surface area contributed by atoms with Crippen molar-refractivity contribution in [1.29, 1.82) is 0 Å². The van der Waals surface area contributed by atoms with Gasteiger partial charge >= 0.3 is 0 Å². The number of aryl methyl sites for hydroxylation is 1. The fraction of sp³-hybridized carbons (Fsp3) is 0.611. The van der Waals surface area contributed by atoms with Crippen LogP contribution in [-0.2, 0) is 13.1 Å². The first-order chi connectivity index (χ1) is 12.1. The van der Waals surface area contributed by atoms with Crippen LogP contribution >= 0.6 is 0 Å². The van der Waals surface area contributed by atoms with Gasteiger partial charge in [-0.25, -0.2) is 0 Å². The third-order valence-electron chi connectivity index (χ3n) is 4.62. The molecular formula is C18H27N5O2. The van der Waals surface area contributed by atoms with Crippen molar-refractivity contribution in [1.82, 2.24) is 24.7 Å². The van der Waals surface area contributed by atoms with E-state index in [2.05, 4.69) is 28.3 Å². The topological polar surface area (TPSA) is 67.4 Å². The van der Waals surface area contributed by atoms with E-state index in [0.29, 0.717) is 12.3 Å². The molecule has 7 heteroatoms. The van der Waals surface area contributed by atoms with Crippen LogP contribution in [0.5, 0.6) is 0 Å². The lowest BCUT2D eigenvalue weighted by molar-refractivity contribution is 0.0719. The Bertz CT molecular complexity index is 706. The Balaban J connectivity index is 1.57. The predicted octanol–water partition coefficient (Wildman–Crippen LogP) is 2.36. The van der Waals surface area contributed by atoms with Gasteiger partial charge in [-0.3, -0.25) is 14.4 Å². The molecule has 2 aromatic heterocycles. The van der Waals surface area contributed by atoms with Crippen molar-refractivity contribution in [3.8, 4) is 0 Å². The average Bonchev–Trinajstić information content (AvgIpc) is 3.20. The molecule has 0 N–H and O–H groups in total. The number of carbonyl (C=O) groups excluding carboxylic acids is 1. The smallest absolute Gasteiger partial charge is 0.292 e. The zero-order chi connectivity index (χ0) is 17.8. The highest BCUT2D eigenvalue weighted by molar-refractivity contribution is 5.91. The van der Waals surface area contributed by atoms with Crippen molar-refractivity contribution in [2.24, 2.45) is 0 Å². The van der Waals surface area contributed by atoms with Crippen LogP contribution in [0.25, 0.3) is 0 Å². The fourth-order valence-corrected chi connectivity index (χ4v) is 3.07. The maximum atomic E-state index is 12.7. The van der Waals surface area contributed by atoms with E-state index in [1.807, 2.05) is 29.6 Å². The molecule has 1 saturated heterocycles. The van der Waals surface area contributed by atoms with Gasteiger partial charge in [-0.2, -0.15) is 5.10 Å². The number of nitrogens with zero attached hydrogens (tertiary/aromatic N) is 5. The summed E-state index contributed by atoms with van der Waals surface area (Å²) in [6.45, 7) is 11.2. The third-order valence-corrected chi connectivity index (χ3v) is 4.62. The molecule has 0 radical (unpaired) electrons. The lowest BCUT2D eigenvalue weighted by Crippen LogP contribution is -2.34. The van der Waals surface area contributed by atoms with Gasteiger partial charge in [0.2, 0.25) is 5.76 Å². The molecule has 3 rings (SSSR count). The van der Waals surface area contributed by atoms with Crippen LogP contribution in [-0.4, -0.2) is 56.8 Å². The molecule has 2 aromatic rings. The van der Waals surface area contributed by atoms with Crippen molar-refractivity contribution in [2.75, 3.05) is 26.2 Å². The molecule has 0 aromatic carbocycles. The zero-order valence-electron chi connectivity index (χ0n) is 15.3. The highest BCUT2D eigenvalue weighted by Gasteiger charge is 2.24. The van der Waals surface area contributed by atoms with E-state index in [1.54, 1.807) is 6.07 Å². The highest BCUT2D eigenvalue weighted by Crippen LogP contribution is 2.17. The largest absolute Gasteiger partial charge is 0.351 e. The van der Waals surface area contributed by atoms with Gasteiger partial charge in [0.15, 0.2) is 0 Å². The van der Waals surface area contributed by atoms with Gasteiger partial charge in [-0.15, -0.1) is 0 Å². The maximum absolute atomic E-state index is 12.7. The molecule has 3 heterocycles. The van der Waals surface area contributed by atoms with Gasteiger partial charge in [0.1, 0.15) is 0 Å². The molecule has 0 spiro atoms. The second kappa shape index (κ2) is 7.82. The van der Waals surface area contributed by atoms with Crippen LogP contribution in [0.15, 0.2) is 23.0 Å². The molecule has 7 nitrogen and oxygen atoms in total. The number of amides is 1. The Morgan fingerprint density at radius 2 is 2.12 bits per heavy atom. The normalized spacial score (nSPS) is 16.4. The first-order valence-electron chi connectivity index (χ1n) is 9.06. The number of hydrogen-bond donors (Lipinski definition) is 0. The number of rotatable bonds is 5. The van der Waals surface area contributed by atoms with Crippen LogP contribution in [0.1, 0.15) is 54.9 Å². The van der Waals surface area contributed by atoms with Gasteiger partial charge in [-0.05, 0) is 19.3 Å². The minimum Gasteiger partial charge on any atom is -0.351 e. The maximum Gasteiger partial charge on any atom is 0.292 e. The molecule has 136 valence electrons. The Labute approximate surface area is 148 Å². The Morgan fingerprint density at radius 1 is 1.28 bits per heavy atom. The Kier molecular flexibility index (Phi) is 5.53. The fourth-order valence-electron chi connectivity index (χ4n) is 3.07. The van der Waals surface area contributed by atoms with Crippen LogP contribution in [0.3, 0.4) is 0 Å². The third kappa shape index (κ3) is 4.28. The Hall–Kier alpha value is -2.15. The summed E-state index contributed by atoms with van der Waals surface area (Å²) in [7, 11) is 0. The first kappa shape index (κ1) is 17.7. The molecule has 1 fully saturated rings. The van der Waals surface area contributed by atoms with Crippen molar-refractivity contribution >= 4 is 5.91 Å². The summed E-state index contributed by atoms with van der Waals surface area (Å²) < 4.78 is 7.20. The van der Waals surface area contributed by atoms with E-state index in [1.165, 1.54) is 5.56 Å². The van der Waals surface area contributed by atoms with E-state index in [0.717, 1.165) is 44.8 Å². The quantitative estimate of drug-likeness (QED) is 0.832. The number of aromatic nitrogens is 3. The molecule has 0 unspecified atom stereocenters. The van der Waals surface area contributed by atoms with E-state index < -0.39 is 0 Å². The monoisotopic (exact) mass is 345 g/mol. The second-order valence-electron chi connectivity index (χ2n) is 6.90. The van der Waals surface area contributed by atoms with Crippen molar-refractivity contribution < 1.29 is 9.32 Å². The summed E-state index contributed by atoms with van der Waals surface area (Å²) in [6, 6.07) is 1.77. The van der Waals surface area contributed by atoms with Crippen LogP contribution in [0.4, 0.5) is 0 Å². The number of carbonyl (C=O) groups is 1. The van der Waals surface area contributed by atoms with E-state index in [-0.39, 0.29) is 11.8 Å². The van der Waals surface area contributed by atoms with E-state index in [4.69, 9.17) is 4.52 Å². The van der Waals surface area contributed by atoms with Crippen molar-refractivity contribution in [3.63, 3.8) is 0 Å². The minimum absolute atomic E-state index is 0.0555. The molecule has 0 bridgehead atoms. The molecule has 0 atom stereocenters. The highest BCUT2D eigenvalue weighted by atomic mass is 16.5. The standard InChI is InChI=1S/C18H27N5O2/c1-4-23-13-15(11-19-23)12-21-6-5-7-22(9-8-21)18(24)17-10-16(14(2)3)20-25-17/h10-11,13-14H,4-9,12H2,1-3H3. The zero-order valence-corrected chi connectivity index (χ0v) is 15.3. The van der Waals surface area contributed by atoms with E-state index in [9.17, 15) is 4.79 Å². The first-order valence-corrected chi connectivity index (χ1v) is 9.06. The van der Waals surface area contributed by atoms with Crippen molar-refractivity contribution in [2.45, 2.75) is 46.2 Å². The molecule has 25 heavy (non-hydrogen) atoms. The predicted molar refractivity (Wildman–Crippen MR) is 94.3 cm³/mol. The molecule has 1 amide bonds. The molecule has 1 aliphatic rings. The summed E-state index contributed by atoms with van der Waals surface area (Å²) >= 11 is 0. The molecule has 1 aliphatic heterocycles. The van der Waals surface area contributed by atoms with Gasteiger partial charge in [-0.1, -0.05) is 19.0 Å². The minimum atomic E-state index is -0.0555. The van der Waals surface area contributed by atoms with Gasteiger partial charge in [0, 0.05) is 57.1 Å². The SMILES string of the molecule is CCn1cc(CN2CCCN(C(=O)c3cc(C(C)C)no3)CC2)cn1. The summed E-state index contributed by atoms with van der Waals surface area (Å²) in [4.78, 5) is 16.9. The summed E-state index contributed by atoms with van der Waals surface area (Å²) in [5.41, 5.74) is 2.05. The molecule has 0 aliphatic carbocycles. The van der Waals surface area contributed by atoms with Crippen LogP contribution in [0, 0.1) is 0 Å². The lowest BCUT2D eigenvalue weighted by atomic mass is 10.1. The Morgan fingerprint density at radius 3 is 2.80 bits per heavy atom. The lowest BCUT2D eigenvalue weighted by Gasteiger charge is -2.20. The summed E-state index contributed by atoms with van der Waals surface area (Å²) in [5.74, 6) is 0.551. The summed E-state index contributed by atoms with van der Waals surface area (Å²) in [6.07, 6.45) is 4.98. The molecule has 0 saturated carbocycles. The summed E-state index contributed by atoms with van der Waals surface area (Å²) in [5, 5.41) is 8.32. The number of hydrogen-bond acceptors (Lipinski definition) is 5. The van der Waals surface area contributed by atoms with Gasteiger partial charge in [0.25, 0.3) is 5.91 Å². The van der Waals surface area contributed by atoms with Gasteiger partial charge in [0.05, 0.1) is 11.9 Å². The van der Waals surface area contributed by atoms with Crippen molar-refractivity contribution in [3.05, 3.63) is 35.5 Å². The van der Waals surface area contributed by atoms with Gasteiger partial charge < -0.3 is 9.42 Å². The molecular weight excluding hydrogens is 318 g/mol. The van der Waals surface area contributed by atoms with Crippen LogP contribution < -0.4 is 0 Å². The average molecular weight is 345 g/mol. The van der Waals surface area contributed by atoms with Crippen LogP contribution in [0.2, 0.25) is 0 Å². The second-order valence-corrected chi connectivity index (χ2v) is 6.90. The van der Waals surface area contributed by atoms with E-state index >= 15 is 0 Å².